The fourth-order valence-corrected chi connectivity index (χ4v) is 13.3. The third-order valence-electron chi connectivity index (χ3n) is 19.0. The van der Waals surface area contributed by atoms with Crippen LogP contribution in [0.5, 0.6) is 0 Å². The van der Waals surface area contributed by atoms with Crippen molar-refractivity contribution in [1.29, 1.82) is 0 Å². The number of aliphatic hydroxyl groups is 1. The van der Waals surface area contributed by atoms with E-state index in [9.17, 15) is 43.2 Å². The summed E-state index contributed by atoms with van der Waals surface area (Å²) in [6.45, 7) is 11.9. The normalized spacial score (nSPS) is 14.9. The van der Waals surface area contributed by atoms with Gasteiger partial charge >= 0.3 is 39.5 Å². The fraction of sp³-hybridized carbons (Fsp3) is 0.948. The van der Waals surface area contributed by atoms with Crippen molar-refractivity contribution >= 4 is 39.5 Å². The van der Waals surface area contributed by atoms with Crippen molar-refractivity contribution in [3.63, 3.8) is 0 Å². The van der Waals surface area contributed by atoms with E-state index in [1.807, 2.05) is 0 Å². The van der Waals surface area contributed by atoms with Crippen molar-refractivity contribution in [2.24, 2.45) is 17.8 Å². The van der Waals surface area contributed by atoms with E-state index >= 15 is 0 Å². The number of hydrogen-bond donors (Lipinski definition) is 3. The monoisotopic (exact) mass is 1410 g/mol. The molecule has 0 radical (unpaired) electrons. The van der Waals surface area contributed by atoms with Gasteiger partial charge in [0, 0.05) is 25.7 Å². The Kier molecular flexibility index (Phi) is 66.2. The lowest BCUT2D eigenvalue weighted by atomic mass is 9.99. The molecule has 0 bridgehead atoms. The highest BCUT2D eigenvalue weighted by Crippen LogP contribution is 2.45. The average molecular weight is 1410 g/mol. The summed E-state index contributed by atoms with van der Waals surface area (Å²) in [5.74, 6) is 0.261. The van der Waals surface area contributed by atoms with Crippen molar-refractivity contribution in [3.8, 4) is 0 Å². The molecule has 0 aliphatic heterocycles. The zero-order valence-electron chi connectivity index (χ0n) is 62.8. The second kappa shape index (κ2) is 67.5. The summed E-state index contributed by atoms with van der Waals surface area (Å²) in [5, 5.41) is 10.6. The van der Waals surface area contributed by atoms with Crippen molar-refractivity contribution < 1.29 is 80.2 Å². The van der Waals surface area contributed by atoms with Crippen molar-refractivity contribution in [2.75, 3.05) is 39.6 Å². The van der Waals surface area contributed by atoms with Gasteiger partial charge in [-0.05, 0) is 43.4 Å². The summed E-state index contributed by atoms with van der Waals surface area (Å²) in [6, 6.07) is 0. The molecule has 0 fully saturated rings. The minimum atomic E-state index is -4.96. The predicted octanol–water partition coefficient (Wildman–Crippen LogP) is 22.6. The number of esters is 4. The number of carbonyl (C=O) groups excluding carboxylic acids is 4. The molecule has 570 valence electrons. The van der Waals surface area contributed by atoms with Crippen LogP contribution in [0.1, 0.15) is 395 Å². The van der Waals surface area contributed by atoms with Crippen LogP contribution in [0.25, 0.3) is 0 Å². The van der Waals surface area contributed by atoms with Gasteiger partial charge in [-0.1, -0.05) is 344 Å². The summed E-state index contributed by atoms with van der Waals surface area (Å²) in [7, 11) is -9.91. The molecule has 5 unspecified atom stereocenters. The Hall–Kier alpha value is -1.94. The molecule has 0 aromatic carbocycles. The molecule has 8 atom stereocenters. The van der Waals surface area contributed by atoms with Crippen molar-refractivity contribution in [3.05, 3.63) is 0 Å². The molecular weight excluding hydrogens is 1260 g/mol. The number of carbonyl (C=O) groups is 4. The Bertz CT molecular complexity index is 1880. The van der Waals surface area contributed by atoms with Crippen LogP contribution in [-0.4, -0.2) is 96.7 Å². The van der Waals surface area contributed by atoms with Gasteiger partial charge in [0.2, 0.25) is 0 Å². The maximum atomic E-state index is 13.1. The Morgan fingerprint density at radius 1 is 0.292 bits per heavy atom. The zero-order chi connectivity index (χ0) is 70.9. The fourth-order valence-electron chi connectivity index (χ4n) is 11.7. The van der Waals surface area contributed by atoms with Gasteiger partial charge < -0.3 is 33.8 Å². The van der Waals surface area contributed by atoms with E-state index in [4.69, 9.17) is 37.0 Å². The molecule has 0 aromatic rings. The summed E-state index contributed by atoms with van der Waals surface area (Å²) >= 11 is 0. The number of hydrogen-bond acceptors (Lipinski definition) is 15. The average Bonchev–Trinajstić information content (AvgIpc) is 1.20. The molecule has 0 aliphatic carbocycles. The maximum Gasteiger partial charge on any atom is 0.472 e. The number of unbranched alkanes of at least 4 members (excludes halogenated alkanes) is 40. The Balaban J connectivity index is 5.19. The second-order valence-electron chi connectivity index (χ2n) is 28.5. The third-order valence-corrected chi connectivity index (χ3v) is 20.9. The minimum absolute atomic E-state index is 0.106. The zero-order valence-corrected chi connectivity index (χ0v) is 64.6. The molecule has 0 heterocycles. The van der Waals surface area contributed by atoms with E-state index in [1.165, 1.54) is 199 Å². The SMILES string of the molecule is CCCCCCCCCCCCCCC(=O)O[C@H](COC(=O)CCCCCCCCC(C)CC)COP(=O)(O)OC[C@H](O)COP(=O)(O)OC[C@@H](COC(=O)CCCCCCCCCCC(C)CC)OC(=O)CCCCCCCCCCCCCCCCCCCCC(C)CC. The Morgan fingerprint density at radius 3 is 0.740 bits per heavy atom. The molecule has 0 aliphatic rings. The summed E-state index contributed by atoms with van der Waals surface area (Å²) in [6.07, 6.45) is 54.1. The molecular formula is C77H150O17P2. The second-order valence-corrected chi connectivity index (χ2v) is 31.4. The number of phosphoric acid groups is 2. The van der Waals surface area contributed by atoms with Gasteiger partial charge in [0.05, 0.1) is 26.4 Å². The summed E-state index contributed by atoms with van der Waals surface area (Å²) in [4.78, 5) is 72.8. The molecule has 3 N–H and O–H groups in total. The predicted molar refractivity (Wildman–Crippen MR) is 391 cm³/mol. The van der Waals surface area contributed by atoms with Crippen LogP contribution in [0.15, 0.2) is 0 Å². The van der Waals surface area contributed by atoms with Gasteiger partial charge in [0.25, 0.3) is 0 Å². The smallest absolute Gasteiger partial charge is 0.462 e. The molecule has 0 saturated carbocycles. The highest BCUT2D eigenvalue weighted by atomic mass is 31.2. The first-order valence-corrected chi connectivity index (χ1v) is 43.0. The van der Waals surface area contributed by atoms with Crippen LogP contribution in [0.3, 0.4) is 0 Å². The molecule has 17 nitrogen and oxygen atoms in total. The van der Waals surface area contributed by atoms with Crippen molar-refractivity contribution in [2.45, 2.75) is 414 Å². The number of phosphoric ester groups is 2. The first-order chi connectivity index (χ1) is 46.3. The standard InChI is InChI=1S/C77H150O17P2/c1-8-12-13-14-15-16-17-27-30-37-46-53-60-76(81)94-73(65-88-75(80)59-52-45-40-39-43-50-57-70(7)11-4)67-92-96(85,86)90-63-71(78)62-89-95(83,84)91-66-72(64-87-74(79)58-51-44-36-33-32-35-42-49-56-69(6)10-3)93-77(82)61-54-47-38-31-28-25-23-21-19-18-20-22-24-26-29-34-41-48-55-68(5)9-2/h68-73,78H,8-67H2,1-7H3,(H,83,84)(H,85,86)/t68?,69?,70?,71-,72-,73-/m1/s1. The van der Waals surface area contributed by atoms with E-state index in [0.29, 0.717) is 25.7 Å². The van der Waals surface area contributed by atoms with E-state index < -0.39 is 97.5 Å². The number of aliphatic hydroxyl groups excluding tert-OH is 1. The lowest BCUT2D eigenvalue weighted by Crippen LogP contribution is -2.30. The highest BCUT2D eigenvalue weighted by molar-refractivity contribution is 7.47. The van der Waals surface area contributed by atoms with Gasteiger partial charge in [-0.2, -0.15) is 0 Å². The number of rotatable bonds is 75. The molecule has 0 aromatic heterocycles. The molecule has 0 spiro atoms. The van der Waals surface area contributed by atoms with Gasteiger partial charge in [-0.25, -0.2) is 9.13 Å². The van der Waals surface area contributed by atoms with E-state index in [2.05, 4.69) is 48.5 Å². The van der Waals surface area contributed by atoms with Gasteiger partial charge in [-0.15, -0.1) is 0 Å². The van der Waals surface area contributed by atoms with Crippen LogP contribution in [0.2, 0.25) is 0 Å². The first kappa shape index (κ1) is 94.1. The van der Waals surface area contributed by atoms with E-state index in [1.54, 1.807) is 0 Å². The number of ether oxygens (including phenoxy) is 4. The summed E-state index contributed by atoms with van der Waals surface area (Å²) < 4.78 is 68.5. The van der Waals surface area contributed by atoms with Gasteiger partial charge in [0.15, 0.2) is 12.2 Å². The lowest BCUT2D eigenvalue weighted by molar-refractivity contribution is -0.161. The molecule has 0 saturated heterocycles. The van der Waals surface area contributed by atoms with Crippen LogP contribution in [0, 0.1) is 17.8 Å². The van der Waals surface area contributed by atoms with Crippen LogP contribution >= 0.6 is 15.6 Å². The van der Waals surface area contributed by atoms with E-state index in [-0.39, 0.29) is 25.7 Å². The Labute approximate surface area is 588 Å². The van der Waals surface area contributed by atoms with Crippen LogP contribution in [-0.2, 0) is 65.4 Å². The molecule has 19 heteroatoms. The van der Waals surface area contributed by atoms with Crippen LogP contribution < -0.4 is 0 Å². The molecule has 0 amide bonds. The minimum Gasteiger partial charge on any atom is -0.462 e. The van der Waals surface area contributed by atoms with Gasteiger partial charge in [-0.3, -0.25) is 37.3 Å². The van der Waals surface area contributed by atoms with Gasteiger partial charge in [0.1, 0.15) is 19.3 Å². The van der Waals surface area contributed by atoms with E-state index in [0.717, 1.165) is 114 Å². The lowest BCUT2D eigenvalue weighted by Gasteiger charge is -2.21. The topological polar surface area (TPSA) is 237 Å². The highest BCUT2D eigenvalue weighted by Gasteiger charge is 2.30. The largest absolute Gasteiger partial charge is 0.472 e. The molecule has 96 heavy (non-hydrogen) atoms. The molecule has 0 rings (SSSR count). The maximum absolute atomic E-state index is 13.1. The quantitative estimate of drug-likeness (QED) is 0.0222. The third kappa shape index (κ3) is 66.6. The Morgan fingerprint density at radius 2 is 0.500 bits per heavy atom. The van der Waals surface area contributed by atoms with Crippen molar-refractivity contribution in [1.82, 2.24) is 0 Å². The van der Waals surface area contributed by atoms with Crippen LogP contribution in [0.4, 0.5) is 0 Å². The summed E-state index contributed by atoms with van der Waals surface area (Å²) in [5.41, 5.74) is 0. The first-order valence-electron chi connectivity index (χ1n) is 40.0.